The van der Waals surface area contributed by atoms with Gasteiger partial charge in [-0.05, 0) is 40.2 Å². The lowest BCUT2D eigenvalue weighted by Crippen LogP contribution is -2.62. The van der Waals surface area contributed by atoms with Crippen molar-refractivity contribution in [2.24, 2.45) is 0 Å². The van der Waals surface area contributed by atoms with Crippen molar-refractivity contribution in [3.8, 4) is 0 Å². The highest BCUT2D eigenvalue weighted by atomic mass is 16.5. The normalized spacial score (nSPS) is 21.6. The van der Waals surface area contributed by atoms with Gasteiger partial charge in [0.15, 0.2) is 0 Å². The van der Waals surface area contributed by atoms with E-state index in [-0.39, 0.29) is 19.4 Å². The van der Waals surface area contributed by atoms with Crippen LogP contribution in [0.4, 0.5) is 0 Å². The third-order valence-electron chi connectivity index (χ3n) is 5.85. The van der Waals surface area contributed by atoms with Gasteiger partial charge in [-0.1, -0.05) is 0 Å². The number of amides is 3. The molecule has 1 saturated heterocycles. The molecule has 194 valence electrons. The van der Waals surface area contributed by atoms with Gasteiger partial charge in [0.1, 0.15) is 12.1 Å². The molecule has 0 unspecified atom stereocenters. The summed E-state index contributed by atoms with van der Waals surface area (Å²) < 4.78 is 5.47. The van der Waals surface area contributed by atoms with Gasteiger partial charge in [0.05, 0.1) is 24.3 Å². The molecule has 34 heavy (non-hydrogen) atoms. The average Bonchev–Trinajstić information content (AvgIpc) is 2.78. The van der Waals surface area contributed by atoms with E-state index in [4.69, 9.17) is 9.84 Å². The third-order valence-corrected chi connectivity index (χ3v) is 5.85. The second-order valence-electron chi connectivity index (χ2n) is 8.35. The van der Waals surface area contributed by atoms with Gasteiger partial charge in [-0.25, -0.2) is 4.79 Å². The van der Waals surface area contributed by atoms with Crippen molar-refractivity contribution in [3.05, 3.63) is 0 Å². The van der Waals surface area contributed by atoms with Gasteiger partial charge in [0.2, 0.25) is 17.7 Å². The van der Waals surface area contributed by atoms with Crippen molar-refractivity contribution in [2.75, 3.05) is 20.7 Å². The van der Waals surface area contributed by atoms with E-state index in [1.165, 1.54) is 18.9 Å². The Labute approximate surface area is 198 Å². The number of aliphatic carboxylic acids is 2. The fourth-order valence-electron chi connectivity index (χ4n) is 3.76. The minimum Gasteiger partial charge on any atom is -0.481 e. The Bertz CT molecular complexity index is 746. The predicted octanol–water partition coefficient (Wildman–Crippen LogP) is -1.71. The molecule has 1 aliphatic heterocycles. The maximum Gasteiger partial charge on any atom is 0.326 e. The zero-order chi connectivity index (χ0) is 26.0. The summed E-state index contributed by atoms with van der Waals surface area (Å²) >= 11 is 0. The standard InChI is InChI=1S/C21H36N4O9/c1-11(22-3)19(30)24-18(12(2)26)20(31)25-9-5-6-15(34-4)14(25)10-16(27)23-13(21(32)33)7-8-17(28)29/h11-15,18,22,26H,5-10H2,1-4H3,(H,23,27)(H,24,30)(H,28,29)(H,32,33)/t11-,12+,13+,14-,15-,18+/m1/s1. The van der Waals surface area contributed by atoms with Gasteiger partial charge >= 0.3 is 11.9 Å². The first-order valence-electron chi connectivity index (χ1n) is 11.2. The summed E-state index contributed by atoms with van der Waals surface area (Å²) in [7, 11) is 3.01. The number of hydrogen-bond acceptors (Lipinski definition) is 8. The van der Waals surface area contributed by atoms with Crippen molar-refractivity contribution >= 4 is 29.7 Å². The fourth-order valence-corrected chi connectivity index (χ4v) is 3.76. The second kappa shape index (κ2) is 13.8. The Morgan fingerprint density at radius 1 is 1.12 bits per heavy atom. The van der Waals surface area contributed by atoms with Crippen LogP contribution in [-0.4, -0.2) is 107 Å². The second-order valence-corrected chi connectivity index (χ2v) is 8.35. The van der Waals surface area contributed by atoms with E-state index >= 15 is 0 Å². The number of nitrogens with zero attached hydrogens (tertiary/aromatic N) is 1. The molecule has 1 fully saturated rings. The van der Waals surface area contributed by atoms with E-state index in [1.807, 2.05) is 0 Å². The number of ether oxygens (including phenoxy) is 1. The number of piperidine rings is 1. The molecule has 0 aromatic carbocycles. The number of aliphatic hydroxyl groups is 1. The Morgan fingerprint density at radius 2 is 1.76 bits per heavy atom. The summed E-state index contributed by atoms with van der Waals surface area (Å²) in [6, 6.07) is -4.04. The molecule has 13 nitrogen and oxygen atoms in total. The quantitative estimate of drug-likeness (QED) is 0.174. The van der Waals surface area contributed by atoms with Crippen LogP contribution in [0.1, 0.15) is 46.0 Å². The summed E-state index contributed by atoms with van der Waals surface area (Å²) in [4.78, 5) is 61.8. The smallest absolute Gasteiger partial charge is 0.326 e. The number of likely N-dealkylation sites (tertiary alicyclic amines) is 1. The number of methoxy groups -OCH3 is 1. The minimum atomic E-state index is -1.40. The molecule has 3 amide bonds. The van der Waals surface area contributed by atoms with Gasteiger partial charge in [-0.2, -0.15) is 0 Å². The number of carbonyl (C=O) groups excluding carboxylic acids is 3. The lowest BCUT2D eigenvalue weighted by Gasteiger charge is -2.42. The Hall–Kier alpha value is -2.77. The highest BCUT2D eigenvalue weighted by Crippen LogP contribution is 2.24. The molecule has 1 rings (SSSR count). The number of likely N-dealkylation sites (N-methyl/N-ethyl adjacent to an activating group) is 1. The number of carboxylic acids is 2. The van der Waals surface area contributed by atoms with Crippen molar-refractivity contribution in [3.63, 3.8) is 0 Å². The van der Waals surface area contributed by atoms with Crippen LogP contribution in [0, 0.1) is 0 Å². The maximum absolute atomic E-state index is 13.3. The number of carbonyl (C=O) groups is 5. The summed E-state index contributed by atoms with van der Waals surface area (Å²) in [6.45, 7) is 3.21. The molecule has 6 atom stereocenters. The van der Waals surface area contributed by atoms with Crippen molar-refractivity contribution in [2.45, 2.75) is 82.3 Å². The molecule has 13 heteroatoms. The summed E-state index contributed by atoms with van der Waals surface area (Å²) in [5.74, 6) is -4.33. The van der Waals surface area contributed by atoms with E-state index in [9.17, 15) is 34.2 Å². The van der Waals surface area contributed by atoms with Crippen LogP contribution >= 0.6 is 0 Å². The predicted molar refractivity (Wildman–Crippen MR) is 119 cm³/mol. The number of carboxylic acid groups (broad SMARTS) is 2. The van der Waals surface area contributed by atoms with Crippen LogP contribution < -0.4 is 16.0 Å². The van der Waals surface area contributed by atoms with Crippen molar-refractivity contribution < 1.29 is 44.0 Å². The first-order chi connectivity index (χ1) is 15.9. The van der Waals surface area contributed by atoms with Crippen molar-refractivity contribution in [1.29, 1.82) is 0 Å². The topological polar surface area (TPSA) is 195 Å². The van der Waals surface area contributed by atoms with Gasteiger partial charge < -0.3 is 40.9 Å². The van der Waals surface area contributed by atoms with Gasteiger partial charge in [0.25, 0.3) is 0 Å². The first kappa shape index (κ1) is 29.3. The molecule has 1 heterocycles. The van der Waals surface area contributed by atoms with E-state index < -0.39 is 72.5 Å². The van der Waals surface area contributed by atoms with Crippen LogP contribution in [0.15, 0.2) is 0 Å². The third kappa shape index (κ3) is 8.54. The van der Waals surface area contributed by atoms with E-state index in [1.54, 1.807) is 14.0 Å². The van der Waals surface area contributed by atoms with Crippen molar-refractivity contribution in [1.82, 2.24) is 20.9 Å². The van der Waals surface area contributed by atoms with Gasteiger partial charge in [-0.15, -0.1) is 0 Å². The zero-order valence-electron chi connectivity index (χ0n) is 19.9. The molecular weight excluding hydrogens is 452 g/mol. The van der Waals surface area contributed by atoms with Crippen LogP contribution in [0.3, 0.4) is 0 Å². The number of rotatable bonds is 13. The lowest BCUT2D eigenvalue weighted by molar-refractivity contribution is -0.149. The Balaban J connectivity index is 3.04. The molecule has 0 radical (unpaired) electrons. The van der Waals surface area contributed by atoms with E-state index in [0.29, 0.717) is 12.8 Å². The van der Waals surface area contributed by atoms with Gasteiger partial charge in [-0.3, -0.25) is 19.2 Å². The van der Waals surface area contributed by atoms with E-state index in [0.717, 1.165) is 0 Å². The molecule has 0 aliphatic carbocycles. The van der Waals surface area contributed by atoms with Crippen LogP contribution in [0.2, 0.25) is 0 Å². The molecule has 1 aliphatic rings. The maximum atomic E-state index is 13.3. The molecule has 0 spiro atoms. The SMILES string of the molecule is CN[C@H](C)C(=O)N[C@H](C(=O)N1CCC[C@@H](OC)[C@H]1CC(=O)N[C@@H](CCC(=O)O)C(=O)O)[C@H](C)O. The molecule has 6 N–H and O–H groups in total. The molecular formula is C21H36N4O9. The molecule has 0 bridgehead atoms. The monoisotopic (exact) mass is 488 g/mol. The van der Waals surface area contributed by atoms with Crippen LogP contribution in [0.5, 0.6) is 0 Å². The lowest BCUT2D eigenvalue weighted by atomic mass is 9.93. The zero-order valence-corrected chi connectivity index (χ0v) is 19.9. The Morgan fingerprint density at radius 3 is 2.26 bits per heavy atom. The van der Waals surface area contributed by atoms with E-state index in [2.05, 4.69) is 16.0 Å². The highest BCUT2D eigenvalue weighted by molar-refractivity contribution is 5.91. The van der Waals surface area contributed by atoms with Crippen LogP contribution in [0.25, 0.3) is 0 Å². The largest absolute Gasteiger partial charge is 0.481 e. The number of nitrogens with one attached hydrogen (secondary N) is 3. The summed E-state index contributed by atoms with van der Waals surface area (Å²) in [5.41, 5.74) is 0. The molecule has 0 aromatic rings. The Kier molecular flexibility index (Phi) is 11.9. The van der Waals surface area contributed by atoms with Gasteiger partial charge in [0, 0.05) is 26.5 Å². The van der Waals surface area contributed by atoms with Crippen LogP contribution in [-0.2, 0) is 28.7 Å². The number of aliphatic hydroxyl groups excluding tert-OH is 1. The fraction of sp³-hybridized carbons (Fsp3) is 0.762. The number of hydrogen-bond donors (Lipinski definition) is 6. The minimum absolute atomic E-state index is 0.249. The average molecular weight is 489 g/mol. The molecule has 0 saturated carbocycles. The molecule has 0 aromatic heterocycles. The summed E-state index contributed by atoms with van der Waals surface area (Å²) in [5, 5.41) is 35.9. The first-order valence-corrected chi connectivity index (χ1v) is 11.2. The summed E-state index contributed by atoms with van der Waals surface area (Å²) in [6.07, 6.45) is -1.68. The highest BCUT2D eigenvalue weighted by Gasteiger charge is 2.40.